The van der Waals surface area contributed by atoms with Crippen LogP contribution in [-0.2, 0) is 19.5 Å². The highest BCUT2D eigenvalue weighted by Crippen LogP contribution is 2.12. The van der Waals surface area contributed by atoms with Gasteiger partial charge < -0.3 is 10.4 Å². The lowest BCUT2D eigenvalue weighted by molar-refractivity contribution is 0.116. The highest BCUT2D eigenvalue weighted by atomic mass is 16.3. The van der Waals surface area contributed by atoms with Gasteiger partial charge in [-0.25, -0.2) is 9.67 Å². The van der Waals surface area contributed by atoms with Crippen molar-refractivity contribution in [3.05, 3.63) is 47.5 Å². The minimum absolute atomic E-state index is 0.354. The Balaban J connectivity index is 1.40. The van der Waals surface area contributed by atoms with Gasteiger partial charge in [-0.15, -0.1) is 0 Å². The predicted molar refractivity (Wildman–Crippen MR) is 93.7 cm³/mol. The first-order valence-electron chi connectivity index (χ1n) is 8.64. The maximum atomic E-state index is 10.3. The van der Waals surface area contributed by atoms with E-state index in [0.29, 0.717) is 19.1 Å². The summed E-state index contributed by atoms with van der Waals surface area (Å²) in [4.78, 5) is 6.58. The standard InChI is InChI=1S/C18H27N5O/c1-14-20-18-9-8-16(12-23(18)21-14)19-10-17(24)13-22(2)11-15-6-4-3-5-7-15/h3-7,16-17,19,24H,8-13H2,1-2H3/t16-,17+/m0/s1. The van der Waals surface area contributed by atoms with Crippen molar-refractivity contribution < 1.29 is 5.11 Å². The molecule has 0 spiro atoms. The molecule has 24 heavy (non-hydrogen) atoms. The number of benzene rings is 1. The number of nitrogens with zero attached hydrogens (tertiary/aromatic N) is 4. The van der Waals surface area contributed by atoms with Gasteiger partial charge >= 0.3 is 0 Å². The minimum Gasteiger partial charge on any atom is -0.390 e. The fourth-order valence-corrected chi connectivity index (χ4v) is 3.29. The molecule has 1 aromatic carbocycles. The molecular weight excluding hydrogens is 302 g/mol. The van der Waals surface area contributed by atoms with E-state index in [-0.39, 0.29) is 6.10 Å². The molecular formula is C18H27N5O. The number of fused-ring (bicyclic) bond motifs is 1. The first-order valence-corrected chi connectivity index (χ1v) is 8.64. The summed E-state index contributed by atoms with van der Waals surface area (Å²) in [6.07, 6.45) is 1.62. The molecule has 1 aliphatic rings. The van der Waals surface area contributed by atoms with Crippen molar-refractivity contribution in [2.75, 3.05) is 20.1 Å². The number of hydrogen-bond donors (Lipinski definition) is 2. The SMILES string of the molecule is Cc1nc2n(n1)C[C@@H](NC[C@@H](O)CN(C)Cc1ccccc1)CC2. The molecule has 0 amide bonds. The van der Waals surface area contributed by atoms with Crippen LogP contribution in [0.5, 0.6) is 0 Å². The topological polar surface area (TPSA) is 66.2 Å². The third-order valence-corrected chi connectivity index (χ3v) is 4.42. The zero-order valence-corrected chi connectivity index (χ0v) is 14.5. The lowest BCUT2D eigenvalue weighted by atomic mass is 10.1. The molecule has 3 rings (SSSR count). The lowest BCUT2D eigenvalue weighted by Crippen LogP contribution is -2.44. The normalized spacial score (nSPS) is 18.6. The van der Waals surface area contributed by atoms with Gasteiger partial charge in [-0.2, -0.15) is 5.10 Å². The predicted octanol–water partition coefficient (Wildman–Crippen LogP) is 0.984. The summed E-state index contributed by atoms with van der Waals surface area (Å²) in [5.41, 5.74) is 1.27. The molecule has 2 atom stereocenters. The first-order chi connectivity index (χ1) is 11.6. The maximum Gasteiger partial charge on any atom is 0.147 e. The van der Waals surface area contributed by atoms with Gasteiger partial charge in [0.15, 0.2) is 0 Å². The summed E-state index contributed by atoms with van der Waals surface area (Å²) in [7, 11) is 2.04. The van der Waals surface area contributed by atoms with Gasteiger partial charge in [-0.1, -0.05) is 30.3 Å². The molecule has 6 heteroatoms. The Kier molecular flexibility index (Phi) is 5.60. The van der Waals surface area contributed by atoms with Gasteiger partial charge in [-0.3, -0.25) is 4.90 Å². The Labute approximate surface area is 143 Å². The molecule has 0 radical (unpaired) electrons. The van der Waals surface area contributed by atoms with Crippen LogP contribution >= 0.6 is 0 Å². The molecule has 2 N–H and O–H groups in total. The van der Waals surface area contributed by atoms with Gasteiger partial charge in [0, 0.05) is 32.1 Å². The Morgan fingerprint density at radius 3 is 2.96 bits per heavy atom. The van der Waals surface area contributed by atoms with Crippen LogP contribution in [-0.4, -0.2) is 57.1 Å². The van der Waals surface area contributed by atoms with Crippen LogP contribution in [0, 0.1) is 6.92 Å². The average Bonchev–Trinajstić information content (AvgIpc) is 2.93. The second kappa shape index (κ2) is 7.88. The van der Waals surface area contributed by atoms with Crippen molar-refractivity contribution >= 4 is 0 Å². The number of rotatable bonds is 7. The Morgan fingerprint density at radius 1 is 1.38 bits per heavy atom. The van der Waals surface area contributed by atoms with Crippen LogP contribution in [0.3, 0.4) is 0 Å². The van der Waals surface area contributed by atoms with Crippen molar-refractivity contribution in [2.45, 2.75) is 45.0 Å². The number of nitrogens with one attached hydrogen (secondary N) is 1. The molecule has 2 heterocycles. The van der Waals surface area contributed by atoms with E-state index < -0.39 is 0 Å². The molecule has 0 saturated heterocycles. The Bertz CT molecular complexity index is 642. The molecule has 1 aromatic heterocycles. The molecule has 0 bridgehead atoms. The monoisotopic (exact) mass is 329 g/mol. The van der Waals surface area contributed by atoms with Crippen molar-refractivity contribution in [2.24, 2.45) is 0 Å². The highest BCUT2D eigenvalue weighted by molar-refractivity contribution is 5.14. The maximum absolute atomic E-state index is 10.3. The number of aryl methyl sites for hydroxylation is 2. The summed E-state index contributed by atoms with van der Waals surface area (Å²) < 4.78 is 1.99. The fraction of sp³-hybridized carbons (Fsp3) is 0.556. The molecule has 0 unspecified atom stereocenters. The average molecular weight is 329 g/mol. The first kappa shape index (κ1) is 17.1. The molecule has 2 aromatic rings. The van der Waals surface area contributed by atoms with E-state index in [1.54, 1.807) is 0 Å². The van der Waals surface area contributed by atoms with E-state index >= 15 is 0 Å². The van der Waals surface area contributed by atoms with Crippen molar-refractivity contribution in [3.8, 4) is 0 Å². The summed E-state index contributed by atoms with van der Waals surface area (Å²) in [6, 6.07) is 10.7. The van der Waals surface area contributed by atoms with Crippen LogP contribution in [0.15, 0.2) is 30.3 Å². The number of aliphatic hydroxyl groups excluding tert-OH is 1. The van der Waals surface area contributed by atoms with E-state index in [9.17, 15) is 5.11 Å². The zero-order chi connectivity index (χ0) is 16.9. The molecule has 0 fully saturated rings. The van der Waals surface area contributed by atoms with Crippen molar-refractivity contribution in [3.63, 3.8) is 0 Å². The van der Waals surface area contributed by atoms with Crippen molar-refractivity contribution in [1.82, 2.24) is 25.0 Å². The number of aromatic nitrogens is 3. The summed E-state index contributed by atoms with van der Waals surface area (Å²) in [5.74, 6) is 1.92. The van der Waals surface area contributed by atoms with Gasteiger partial charge in [0.1, 0.15) is 11.6 Å². The lowest BCUT2D eigenvalue weighted by Gasteiger charge is -2.26. The number of aliphatic hydroxyl groups is 1. The van der Waals surface area contributed by atoms with E-state index in [1.165, 1.54) is 5.56 Å². The van der Waals surface area contributed by atoms with Crippen LogP contribution < -0.4 is 5.32 Å². The second-order valence-electron chi connectivity index (χ2n) is 6.74. The summed E-state index contributed by atoms with van der Waals surface area (Å²) >= 11 is 0. The summed E-state index contributed by atoms with van der Waals surface area (Å²) in [5, 5.41) is 18.2. The molecule has 0 saturated carbocycles. The van der Waals surface area contributed by atoms with Gasteiger partial charge in [0.05, 0.1) is 12.6 Å². The third kappa shape index (κ3) is 4.63. The zero-order valence-electron chi connectivity index (χ0n) is 14.5. The second-order valence-corrected chi connectivity index (χ2v) is 6.74. The summed E-state index contributed by atoms with van der Waals surface area (Å²) in [6.45, 7) is 4.88. The van der Waals surface area contributed by atoms with Crippen LogP contribution in [0.1, 0.15) is 23.6 Å². The van der Waals surface area contributed by atoms with Gasteiger partial charge in [0.25, 0.3) is 0 Å². The quantitative estimate of drug-likeness (QED) is 0.793. The number of hydrogen-bond acceptors (Lipinski definition) is 5. The van der Waals surface area contributed by atoms with E-state index in [1.807, 2.05) is 36.9 Å². The Hall–Kier alpha value is -1.76. The number of likely N-dealkylation sites (N-methyl/N-ethyl adjacent to an activating group) is 1. The molecule has 6 nitrogen and oxygen atoms in total. The van der Waals surface area contributed by atoms with E-state index in [4.69, 9.17) is 0 Å². The minimum atomic E-state index is -0.377. The van der Waals surface area contributed by atoms with Gasteiger partial charge in [0.2, 0.25) is 0 Å². The highest BCUT2D eigenvalue weighted by Gasteiger charge is 2.21. The van der Waals surface area contributed by atoms with Gasteiger partial charge in [-0.05, 0) is 26.0 Å². The molecule has 0 aliphatic carbocycles. The van der Waals surface area contributed by atoms with E-state index in [2.05, 4.69) is 32.4 Å². The van der Waals surface area contributed by atoms with Crippen LogP contribution in [0.4, 0.5) is 0 Å². The smallest absolute Gasteiger partial charge is 0.147 e. The largest absolute Gasteiger partial charge is 0.390 e. The van der Waals surface area contributed by atoms with E-state index in [0.717, 1.165) is 37.6 Å². The van der Waals surface area contributed by atoms with Crippen LogP contribution in [0.25, 0.3) is 0 Å². The fourth-order valence-electron chi connectivity index (χ4n) is 3.29. The molecule has 130 valence electrons. The van der Waals surface area contributed by atoms with Crippen LogP contribution in [0.2, 0.25) is 0 Å². The van der Waals surface area contributed by atoms with Crippen molar-refractivity contribution in [1.29, 1.82) is 0 Å². The molecule has 1 aliphatic heterocycles. The third-order valence-electron chi connectivity index (χ3n) is 4.42. The Morgan fingerprint density at radius 2 is 2.17 bits per heavy atom.